The molecule has 0 spiro atoms. The summed E-state index contributed by atoms with van der Waals surface area (Å²) >= 11 is 0. The zero-order valence-electron chi connectivity index (χ0n) is 17.1. The van der Waals surface area contributed by atoms with Gasteiger partial charge in [0.15, 0.2) is 5.82 Å². The molecule has 2 fully saturated rings. The van der Waals surface area contributed by atoms with Crippen LogP contribution in [-0.2, 0) is 16.1 Å². The summed E-state index contributed by atoms with van der Waals surface area (Å²) in [5.74, 6) is 1.43. The van der Waals surface area contributed by atoms with Crippen molar-refractivity contribution in [1.82, 2.24) is 15.5 Å². The number of benzene rings is 1. The largest absolute Gasteiger partial charge is 0.348 e. The summed E-state index contributed by atoms with van der Waals surface area (Å²) in [5, 5.41) is 6.84. The number of hydrogen-bond acceptors (Lipinski definition) is 5. The van der Waals surface area contributed by atoms with Crippen molar-refractivity contribution in [1.29, 1.82) is 0 Å². The molecule has 7 heteroatoms. The van der Waals surface area contributed by atoms with Gasteiger partial charge in [0.25, 0.3) is 0 Å². The van der Waals surface area contributed by atoms with Crippen LogP contribution in [0.15, 0.2) is 28.8 Å². The van der Waals surface area contributed by atoms with Crippen LogP contribution in [0.25, 0.3) is 0 Å². The second-order valence-electron chi connectivity index (χ2n) is 8.40. The Kier molecular flexibility index (Phi) is 5.65. The average molecular weight is 396 g/mol. The Bertz CT molecular complexity index is 868. The van der Waals surface area contributed by atoms with Gasteiger partial charge in [0, 0.05) is 24.6 Å². The minimum Gasteiger partial charge on any atom is -0.348 e. The lowest BCUT2D eigenvalue weighted by Crippen LogP contribution is -2.32. The molecule has 1 N–H and O–H groups in total. The van der Waals surface area contributed by atoms with Gasteiger partial charge in [-0.1, -0.05) is 44.0 Å². The van der Waals surface area contributed by atoms with Gasteiger partial charge in [-0.2, -0.15) is 4.98 Å². The first-order chi connectivity index (χ1) is 14.0. The third-order valence-electron chi connectivity index (χ3n) is 5.98. The lowest BCUT2D eigenvalue weighted by atomic mass is 10.0. The molecule has 1 saturated carbocycles. The molecule has 2 aromatic rings. The third-order valence-corrected chi connectivity index (χ3v) is 5.98. The molecule has 154 valence electrons. The van der Waals surface area contributed by atoms with Gasteiger partial charge in [0.05, 0.1) is 12.5 Å². The van der Waals surface area contributed by atoms with E-state index in [4.69, 9.17) is 4.52 Å². The van der Waals surface area contributed by atoms with Gasteiger partial charge in [-0.3, -0.25) is 9.59 Å². The summed E-state index contributed by atoms with van der Waals surface area (Å²) < 4.78 is 5.35. The van der Waals surface area contributed by atoms with Crippen LogP contribution in [0, 0.1) is 5.92 Å². The maximum atomic E-state index is 12.6. The zero-order chi connectivity index (χ0) is 20.4. The average Bonchev–Trinajstić information content (AvgIpc) is 3.46. The number of carbonyl (C=O) groups excluding carboxylic acids is 2. The number of rotatable bonds is 6. The Hall–Kier alpha value is -2.70. The molecular formula is C22H28N4O3. The van der Waals surface area contributed by atoms with Crippen molar-refractivity contribution in [2.75, 3.05) is 11.4 Å². The van der Waals surface area contributed by atoms with E-state index in [2.05, 4.69) is 29.3 Å². The molecule has 2 aliphatic rings. The Balaban J connectivity index is 1.32. The zero-order valence-corrected chi connectivity index (χ0v) is 17.1. The van der Waals surface area contributed by atoms with Crippen LogP contribution < -0.4 is 10.2 Å². The van der Waals surface area contributed by atoms with Crippen LogP contribution >= 0.6 is 0 Å². The van der Waals surface area contributed by atoms with Crippen molar-refractivity contribution in [3.63, 3.8) is 0 Å². The lowest BCUT2D eigenvalue weighted by molar-refractivity contribution is -0.126. The number of nitrogens with zero attached hydrogens (tertiary/aromatic N) is 3. The summed E-state index contributed by atoms with van der Waals surface area (Å²) in [5.41, 5.74) is 2.07. The molecule has 1 aromatic heterocycles. The van der Waals surface area contributed by atoms with E-state index in [1.54, 1.807) is 4.90 Å². The summed E-state index contributed by atoms with van der Waals surface area (Å²) in [7, 11) is 0. The standard InChI is InChI=1S/C22H28N4O3/c1-14(2)15-7-9-18(10-8-15)26-13-17(11-20(26)27)21(28)23-12-19-24-22(29-25-19)16-5-3-4-6-16/h7-10,14,16-17H,3-6,11-13H2,1-2H3,(H,23,28)/t17-/m1/s1. The second-order valence-corrected chi connectivity index (χ2v) is 8.40. The number of carbonyl (C=O) groups is 2. The van der Waals surface area contributed by atoms with Gasteiger partial charge < -0.3 is 14.7 Å². The second kappa shape index (κ2) is 8.35. The minimum absolute atomic E-state index is 0.0227. The van der Waals surface area contributed by atoms with Crippen LogP contribution in [0.3, 0.4) is 0 Å². The van der Waals surface area contributed by atoms with Crippen molar-refractivity contribution >= 4 is 17.5 Å². The van der Waals surface area contributed by atoms with Crippen molar-refractivity contribution in [2.45, 2.75) is 64.3 Å². The molecule has 2 heterocycles. The fourth-order valence-electron chi connectivity index (χ4n) is 4.16. The highest BCUT2D eigenvalue weighted by Crippen LogP contribution is 2.33. The van der Waals surface area contributed by atoms with Crippen LogP contribution in [-0.4, -0.2) is 28.5 Å². The first kappa shape index (κ1) is 19.6. The van der Waals surface area contributed by atoms with E-state index < -0.39 is 0 Å². The third kappa shape index (κ3) is 4.33. The summed E-state index contributed by atoms with van der Waals surface area (Å²) in [4.78, 5) is 31.1. The van der Waals surface area contributed by atoms with E-state index in [-0.39, 0.29) is 30.7 Å². The molecule has 1 atom stereocenters. The van der Waals surface area contributed by atoms with Crippen molar-refractivity contribution < 1.29 is 14.1 Å². The first-order valence-corrected chi connectivity index (χ1v) is 10.5. The van der Waals surface area contributed by atoms with E-state index in [0.29, 0.717) is 30.1 Å². The summed E-state index contributed by atoms with van der Waals surface area (Å²) in [6, 6.07) is 7.99. The maximum absolute atomic E-state index is 12.6. The molecule has 0 bridgehead atoms. The van der Waals surface area contributed by atoms with E-state index in [9.17, 15) is 9.59 Å². The number of aromatic nitrogens is 2. The highest BCUT2D eigenvalue weighted by molar-refractivity contribution is 6.00. The van der Waals surface area contributed by atoms with Gasteiger partial charge in [-0.25, -0.2) is 0 Å². The summed E-state index contributed by atoms with van der Waals surface area (Å²) in [6.45, 7) is 4.89. The topological polar surface area (TPSA) is 88.3 Å². The predicted molar refractivity (Wildman–Crippen MR) is 108 cm³/mol. The number of anilines is 1. The van der Waals surface area contributed by atoms with E-state index in [1.807, 2.05) is 24.3 Å². The van der Waals surface area contributed by atoms with E-state index in [0.717, 1.165) is 18.5 Å². The molecule has 0 unspecified atom stereocenters. The van der Waals surface area contributed by atoms with Crippen molar-refractivity contribution in [3.8, 4) is 0 Å². The Morgan fingerprint density at radius 2 is 1.97 bits per heavy atom. The van der Waals surface area contributed by atoms with Gasteiger partial charge in [-0.05, 0) is 36.5 Å². The van der Waals surface area contributed by atoms with Crippen LogP contribution in [0.4, 0.5) is 5.69 Å². The number of nitrogens with one attached hydrogen (secondary N) is 1. The van der Waals surface area contributed by atoms with Gasteiger partial charge in [0.1, 0.15) is 0 Å². The summed E-state index contributed by atoms with van der Waals surface area (Å²) in [6.07, 6.45) is 4.80. The van der Waals surface area contributed by atoms with Gasteiger partial charge in [0.2, 0.25) is 17.7 Å². The first-order valence-electron chi connectivity index (χ1n) is 10.5. The highest BCUT2D eigenvalue weighted by atomic mass is 16.5. The Labute approximate surface area is 170 Å². The lowest BCUT2D eigenvalue weighted by Gasteiger charge is -2.17. The molecular weight excluding hydrogens is 368 g/mol. The van der Waals surface area contributed by atoms with E-state index in [1.165, 1.54) is 18.4 Å². The minimum atomic E-state index is -0.367. The highest BCUT2D eigenvalue weighted by Gasteiger charge is 2.35. The Morgan fingerprint density at radius 3 is 2.66 bits per heavy atom. The molecule has 1 aliphatic carbocycles. The molecule has 1 saturated heterocycles. The Morgan fingerprint density at radius 1 is 1.24 bits per heavy atom. The normalized spacial score (nSPS) is 20.0. The van der Waals surface area contributed by atoms with Crippen LogP contribution in [0.5, 0.6) is 0 Å². The molecule has 4 rings (SSSR count). The smallest absolute Gasteiger partial charge is 0.229 e. The van der Waals surface area contributed by atoms with Crippen molar-refractivity contribution in [2.24, 2.45) is 5.92 Å². The van der Waals surface area contributed by atoms with Crippen LogP contribution in [0.1, 0.15) is 75.1 Å². The molecule has 0 radical (unpaired) electrons. The van der Waals surface area contributed by atoms with Crippen LogP contribution in [0.2, 0.25) is 0 Å². The predicted octanol–water partition coefficient (Wildman–Crippen LogP) is 3.52. The maximum Gasteiger partial charge on any atom is 0.229 e. The number of amides is 2. The molecule has 2 amide bonds. The monoisotopic (exact) mass is 396 g/mol. The van der Waals surface area contributed by atoms with Crippen molar-refractivity contribution in [3.05, 3.63) is 41.5 Å². The quantitative estimate of drug-likeness (QED) is 0.807. The fourth-order valence-corrected chi connectivity index (χ4v) is 4.16. The SMILES string of the molecule is CC(C)c1ccc(N2C[C@H](C(=O)NCc3noc(C4CCCC4)n3)CC2=O)cc1. The number of hydrogen-bond donors (Lipinski definition) is 1. The fraction of sp³-hybridized carbons (Fsp3) is 0.545. The molecule has 29 heavy (non-hydrogen) atoms. The molecule has 1 aliphatic heterocycles. The van der Waals surface area contributed by atoms with Gasteiger partial charge >= 0.3 is 0 Å². The molecule has 1 aromatic carbocycles. The van der Waals surface area contributed by atoms with E-state index >= 15 is 0 Å². The van der Waals surface area contributed by atoms with Gasteiger partial charge in [-0.15, -0.1) is 0 Å². The molecule has 7 nitrogen and oxygen atoms in total.